The number of piperidine rings is 1. The number of carbonyl (C=O) groups is 1. The van der Waals surface area contributed by atoms with E-state index in [-0.39, 0.29) is 11.9 Å². The molecule has 0 saturated carbocycles. The van der Waals surface area contributed by atoms with Gasteiger partial charge in [-0.2, -0.15) is 0 Å². The lowest BCUT2D eigenvalue weighted by molar-refractivity contribution is -0.121. The predicted octanol–water partition coefficient (Wildman–Crippen LogP) is 3.19. The molecule has 0 aromatic heterocycles. The maximum atomic E-state index is 12.0. The van der Waals surface area contributed by atoms with E-state index in [1.165, 1.54) is 4.90 Å². The van der Waals surface area contributed by atoms with Gasteiger partial charge in [-0.15, -0.1) is 11.8 Å². The highest BCUT2D eigenvalue weighted by molar-refractivity contribution is 9.10. The first-order valence-electron chi connectivity index (χ1n) is 7.07. The summed E-state index contributed by atoms with van der Waals surface area (Å²) in [5.41, 5.74) is 0. The van der Waals surface area contributed by atoms with Crippen LogP contribution in [0, 0.1) is 0 Å². The average molecular weight is 357 g/mol. The fraction of sp³-hybridized carbons (Fsp3) is 0.533. The Labute approximate surface area is 133 Å². The van der Waals surface area contributed by atoms with Crippen LogP contribution in [0.15, 0.2) is 33.6 Å². The lowest BCUT2D eigenvalue weighted by atomic mass is 10.00. The van der Waals surface area contributed by atoms with Crippen molar-refractivity contribution in [2.24, 2.45) is 0 Å². The largest absolute Gasteiger partial charge is 0.352 e. The zero-order chi connectivity index (χ0) is 14.4. The van der Waals surface area contributed by atoms with Crippen LogP contribution in [0.3, 0.4) is 0 Å². The maximum absolute atomic E-state index is 12.0. The summed E-state index contributed by atoms with van der Waals surface area (Å²) >= 11 is 5.24. The normalized spacial score (nSPS) is 22.5. The van der Waals surface area contributed by atoms with Crippen molar-refractivity contribution in [1.29, 1.82) is 0 Å². The highest BCUT2D eigenvalue weighted by atomic mass is 79.9. The molecule has 2 unspecified atom stereocenters. The molecular weight excluding hydrogens is 336 g/mol. The molecule has 1 aliphatic heterocycles. The Balaban J connectivity index is 1.71. The van der Waals surface area contributed by atoms with Gasteiger partial charge in [0.15, 0.2) is 0 Å². The number of thioether (sulfide) groups is 1. The molecule has 0 bridgehead atoms. The van der Waals surface area contributed by atoms with Crippen LogP contribution < -0.4 is 10.6 Å². The number of halogens is 1. The van der Waals surface area contributed by atoms with Gasteiger partial charge >= 0.3 is 0 Å². The van der Waals surface area contributed by atoms with Gasteiger partial charge in [0.2, 0.25) is 5.91 Å². The Kier molecular flexibility index (Phi) is 6.39. The molecule has 1 aliphatic rings. The fourth-order valence-corrected chi connectivity index (χ4v) is 3.85. The monoisotopic (exact) mass is 356 g/mol. The van der Waals surface area contributed by atoms with Crippen molar-refractivity contribution >= 4 is 33.6 Å². The number of benzene rings is 1. The highest BCUT2D eigenvalue weighted by Gasteiger charge is 2.21. The molecule has 1 aromatic rings. The second kappa shape index (κ2) is 8.05. The molecule has 1 heterocycles. The van der Waals surface area contributed by atoms with Gasteiger partial charge in [-0.25, -0.2) is 0 Å². The number of carbonyl (C=O) groups excluding carboxylic acids is 1. The minimum atomic E-state index is 0.158. The number of hydrogen-bond acceptors (Lipinski definition) is 3. The molecule has 1 saturated heterocycles. The third kappa shape index (κ3) is 4.79. The number of nitrogens with one attached hydrogen (secondary N) is 2. The number of hydrogen-bond donors (Lipinski definition) is 2. The molecule has 0 radical (unpaired) electrons. The van der Waals surface area contributed by atoms with Gasteiger partial charge in [-0.05, 0) is 54.4 Å². The molecule has 3 nitrogen and oxygen atoms in total. The van der Waals surface area contributed by atoms with Crippen molar-refractivity contribution < 1.29 is 4.79 Å². The van der Waals surface area contributed by atoms with E-state index in [2.05, 4.69) is 39.6 Å². The van der Waals surface area contributed by atoms with Crippen molar-refractivity contribution in [2.45, 2.75) is 43.2 Å². The Morgan fingerprint density at radius 1 is 1.50 bits per heavy atom. The molecule has 20 heavy (non-hydrogen) atoms. The molecule has 1 aromatic carbocycles. The third-order valence-corrected chi connectivity index (χ3v) is 5.56. The van der Waals surface area contributed by atoms with Crippen LogP contribution in [0.5, 0.6) is 0 Å². The van der Waals surface area contributed by atoms with Crippen LogP contribution in [-0.4, -0.2) is 30.3 Å². The summed E-state index contributed by atoms with van der Waals surface area (Å²) in [6.07, 6.45) is 2.79. The minimum Gasteiger partial charge on any atom is -0.352 e. The molecule has 0 spiro atoms. The van der Waals surface area contributed by atoms with Crippen LogP contribution in [-0.2, 0) is 4.79 Å². The predicted molar refractivity (Wildman–Crippen MR) is 88.1 cm³/mol. The minimum absolute atomic E-state index is 0.158. The van der Waals surface area contributed by atoms with Crippen molar-refractivity contribution in [2.75, 3.05) is 12.3 Å². The van der Waals surface area contributed by atoms with Gasteiger partial charge in [-0.1, -0.05) is 12.1 Å². The summed E-state index contributed by atoms with van der Waals surface area (Å²) in [5.74, 6) is 0.966. The van der Waals surface area contributed by atoms with Gasteiger partial charge in [0.1, 0.15) is 0 Å². The second-order valence-corrected chi connectivity index (χ2v) is 7.08. The summed E-state index contributed by atoms with van der Waals surface area (Å²) in [6, 6.07) is 8.77. The van der Waals surface area contributed by atoms with Gasteiger partial charge < -0.3 is 10.6 Å². The molecular formula is C15H21BrN2OS. The van der Waals surface area contributed by atoms with E-state index in [0.717, 1.165) is 29.6 Å². The van der Waals surface area contributed by atoms with Gasteiger partial charge in [0.05, 0.1) is 0 Å². The van der Waals surface area contributed by atoms with Crippen LogP contribution >= 0.6 is 27.7 Å². The van der Waals surface area contributed by atoms with Crippen molar-refractivity contribution in [1.82, 2.24) is 10.6 Å². The third-order valence-electron chi connectivity index (χ3n) is 3.53. The van der Waals surface area contributed by atoms with Crippen LogP contribution in [0.4, 0.5) is 0 Å². The van der Waals surface area contributed by atoms with E-state index >= 15 is 0 Å². The Morgan fingerprint density at radius 3 is 3.05 bits per heavy atom. The smallest absolute Gasteiger partial charge is 0.221 e. The fourth-order valence-electron chi connectivity index (χ4n) is 2.34. The second-order valence-electron chi connectivity index (χ2n) is 5.09. The number of rotatable bonds is 5. The zero-order valence-corrected chi connectivity index (χ0v) is 14.1. The van der Waals surface area contributed by atoms with E-state index in [9.17, 15) is 4.79 Å². The quantitative estimate of drug-likeness (QED) is 0.796. The van der Waals surface area contributed by atoms with E-state index < -0.39 is 0 Å². The summed E-state index contributed by atoms with van der Waals surface area (Å²) < 4.78 is 1.09. The summed E-state index contributed by atoms with van der Waals surface area (Å²) in [4.78, 5) is 13.2. The van der Waals surface area contributed by atoms with Crippen LogP contribution in [0.25, 0.3) is 0 Å². The van der Waals surface area contributed by atoms with Crippen molar-refractivity contribution in [3.63, 3.8) is 0 Å². The van der Waals surface area contributed by atoms with Crippen molar-refractivity contribution in [3.8, 4) is 0 Å². The molecule has 1 amide bonds. The van der Waals surface area contributed by atoms with E-state index in [1.54, 1.807) is 11.8 Å². The molecule has 110 valence electrons. The van der Waals surface area contributed by atoms with Gasteiger partial charge in [-0.3, -0.25) is 4.79 Å². The standard InChI is InChI=1S/C15H21BrN2OS/c1-11-13(6-4-9-17-11)18-15(19)8-10-20-14-7-3-2-5-12(14)16/h2-3,5,7,11,13,17H,4,6,8-10H2,1H3,(H,18,19). The van der Waals surface area contributed by atoms with E-state index in [4.69, 9.17) is 0 Å². The molecule has 5 heteroatoms. The van der Waals surface area contributed by atoms with Crippen LogP contribution in [0.2, 0.25) is 0 Å². The molecule has 2 atom stereocenters. The zero-order valence-electron chi connectivity index (χ0n) is 11.7. The SMILES string of the molecule is CC1NCCCC1NC(=O)CCSc1ccccc1Br. The summed E-state index contributed by atoms with van der Waals surface area (Å²) in [6.45, 7) is 3.20. The lowest BCUT2D eigenvalue weighted by Crippen LogP contribution is -2.51. The average Bonchev–Trinajstić information content (AvgIpc) is 2.43. The Hall–Kier alpha value is -0.520. The maximum Gasteiger partial charge on any atom is 0.221 e. The lowest BCUT2D eigenvalue weighted by Gasteiger charge is -2.30. The first kappa shape index (κ1) is 15.9. The summed E-state index contributed by atoms with van der Waals surface area (Å²) in [7, 11) is 0. The Morgan fingerprint density at radius 2 is 2.30 bits per heavy atom. The molecule has 2 rings (SSSR count). The van der Waals surface area contributed by atoms with Crippen molar-refractivity contribution in [3.05, 3.63) is 28.7 Å². The highest BCUT2D eigenvalue weighted by Crippen LogP contribution is 2.27. The van der Waals surface area contributed by atoms with E-state index in [1.807, 2.05) is 18.2 Å². The van der Waals surface area contributed by atoms with Gasteiger partial charge in [0, 0.05) is 33.6 Å². The Bertz CT molecular complexity index is 455. The molecule has 2 N–H and O–H groups in total. The van der Waals surface area contributed by atoms with E-state index in [0.29, 0.717) is 12.5 Å². The first-order valence-corrected chi connectivity index (χ1v) is 8.85. The van der Waals surface area contributed by atoms with Gasteiger partial charge in [0.25, 0.3) is 0 Å². The van der Waals surface area contributed by atoms with Crippen LogP contribution in [0.1, 0.15) is 26.2 Å². The molecule has 0 aliphatic carbocycles. The number of amides is 1. The molecule has 1 fully saturated rings. The first-order chi connectivity index (χ1) is 9.66. The summed E-state index contributed by atoms with van der Waals surface area (Å²) in [5, 5.41) is 6.54. The topological polar surface area (TPSA) is 41.1 Å².